The number of aliphatic hydroxyl groups excluding tert-OH is 1. The van der Waals surface area contributed by atoms with E-state index in [2.05, 4.69) is 27.7 Å². The zero-order valence-electron chi connectivity index (χ0n) is 19.2. The smallest absolute Gasteiger partial charge is 0.0456 e. The van der Waals surface area contributed by atoms with Crippen LogP contribution in [0.25, 0.3) is 0 Å². The average Bonchev–Trinajstić information content (AvgIpc) is 3.04. The van der Waals surface area contributed by atoms with Crippen molar-refractivity contribution in [2.75, 3.05) is 6.61 Å². The van der Waals surface area contributed by atoms with Crippen LogP contribution in [0.15, 0.2) is 11.1 Å². The molecule has 0 radical (unpaired) electrons. The van der Waals surface area contributed by atoms with E-state index in [4.69, 9.17) is 0 Å². The SMILES string of the molecule is CC(CO)CCC[C@@H](C)[C@H]1CC[C@H]2C3=C(CC[C@]12C)[C@@]1(C)CCCCC1CC3. The molecule has 0 aromatic carbocycles. The summed E-state index contributed by atoms with van der Waals surface area (Å²) >= 11 is 0. The molecule has 0 heterocycles. The second-order valence-electron chi connectivity index (χ2n) is 11.8. The van der Waals surface area contributed by atoms with Crippen molar-refractivity contribution in [1.29, 1.82) is 0 Å². The molecule has 7 atom stereocenters. The van der Waals surface area contributed by atoms with Crippen molar-refractivity contribution in [1.82, 2.24) is 0 Å². The highest BCUT2D eigenvalue weighted by Gasteiger charge is 2.55. The zero-order valence-corrected chi connectivity index (χ0v) is 19.2. The van der Waals surface area contributed by atoms with Crippen LogP contribution in [0.5, 0.6) is 0 Å². The summed E-state index contributed by atoms with van der Waals surface area (Å²) in [5.41, 5.74) is 5.07. The molecule has 0 amide bonds. The van der Waals surface area contributed by atoms with Gasteiger partial charge in [0.1, 0.15) is 0 Å². The molecule has 160 valence electrons. The van der Waals surface area contributed by atoms with E-state index in [0.717, 1.165) is 23.7 Å². The molecule has 0 saturated heterocycles. The molecule has 0 spiro atoms. The number of aliphatic hydroxyl groups is 1. The van der Waals surface area contributed by atoms with Crippen LogP contribution in [0.3, 0.4) is 0 Å². The Morgan fingerprint density at radius 3 is 2.57 bits per heavy atom. The number of rotatable bonds is 6. The lowest BCUT2D eigenvalue weighted by atomic mass is 9.50. The maximum absolute atomic E-state index is 9.32. The Morgan fingerprint density at radius 2 is 1.79 bits per heavy atom. The second-order valence-corrected chi connectivity index (χ2v) is 11.8. The molecule has 1 nitrogen and oxygen atoms in total. The number of hydrogen-bond donors (Lipinski definition) is 1. The van der Waals surface area contributed by atoms with Gasteiger partial charge in [0.25, 0.3) is 0 Å². The fraction of sp³-hybridized carbons (Fsp3) is 0.926. The average molecular weight is 387 g/mol. The summed E-state index contributed by atoms with van der Waals surface area (Å²) in [7, 11) is 0. The second kappa shape index (κ2) is 8.09. The van der Waals surface area contributed by atoms with Gasteiger partial charge >= 0.3 is 0 Å². The quantitative estimate of drug-likeness (QED) is 0.468. The van der Waals surface area contributed by atoms with Crippen LogP contribution in [0, 0.1) is 40.4 Å². The van der Waals surface area contributed by atoms with E-state index in [1.165, 1.54) is 83.5 Å². The van der Waals surface area contributed by atoms with E-state index in [9.17, 15) is 5.11 Å². The fourth-order valence-electron chi connectivity index (χ4n) is 8.55. The number of fused-ring (bicyclic) bond motifs is 4. The van der Waals surface area contributed by atoms with Gasteiger partial charge in [-0.05, 0) is 98.2 Å². The fourth-order valence-corrected chi connectivity index (χ4v) is 8.55. The van der Waals surface area contributed by atoms with Crippen molar-refractivity contribution in [3.05, 3.63) is 11.1 Å². The van der Waals surface area contributed by atoms with Gasteiger partial charge in [0, 0.05) is 6.61 Å². The lowest BCUT2D eigenvalue weighted by molar-refractivity contribution is 0.0657. The lowest BCUT2D eigenvalue weighted by Gasteiger charge is -2.54. The molecule has 1 heteroatoms. The first-order chi connectivity index (χ1) is 13.4. The molecule has 28 heavy (non-hydrogen) atoms. The van der Waals surface area contributed by atoms with Crippen LogP contribution >= 0.6 is 0 Å². The highest BCUT2D eigenvalue weighted by atomic mass is 16.3. The highest BCUT2D eigenvalue weighted by Crippen LogP contribution is 2.65. The van der Waals surface area contributed by atoms with E-state index >= 15 is 0 Å². The van der Waals surface area contributed by atoms with Gasteiger partial charge < -0.3 is 5.11 Å². The third-order valence-corrected chi connectivity index (χ3v) is 10.3. The molecule has 2 saturated carbocycles. The van der Waals surface area contributed by atoms with Gasteiger partial charge in [-0.3, -0.25) is 0 Å². The van der Waals surface area contributed by atoms with Crippen LogP contribution in [-0.2, 0) is 0 Å². The van der Waals surface area contributed by atoms with Gasteiger partial charge in [-0.2, -0.15) is 0 Å². The minimum absolute atomic E-state index is 0.355. The Hall–Kier alpha value is -0.300. The minimum Gasteiger partial charge on any atom is -0.396 e. The highest BCUT2D eigenvalue weighted by molar-refractivity contribution is 5.34. The van der Waals surface area contributed by atoms with Crippen molar-refractivity contribution in [3.8, 4) is 0 Å². The van der Waals surface area contributed by atoms with Gasteiger partial charge in [-0.1, -0.05) is 64.5 Å². The third kappa shape index (κ3) is 3.42. The van der Waals surface area contributed by atoms with Gasteiger partial charge in [-0.25, -0.2) is 0 Å². The van der Waals surface area contributed by atoms with E-state index in [1.54, 1.807) is 0 Å². The minimum atomic E-state index is 0.355. The van der Waals surface area contributed by atoms with E-state index in [-0.39, 0.29) is 0 Å². The summed E-state index contributed by atoms with van der Waals surface area (Å²) in [4.78, 5) is 0. The zero-order chi connectivity index (χ0) is 19.9. The molecular weight excluding hydrogens is 340 g/mol. The molecule has 4 rings (SSSR count). The van der Waals surface area contributed by atoms with Crippen LogP contribution in [0.4, 0.5) is 0 Å². The van der Waals surface area contributed by atoms with Crippen molar-refractivity contribution < 1.29 is 5.11 Å². The summed E-state index contributed by atoms with van der Waals surface area (Å²) in [5.74, 6) is 4.15. The largest absolute Gasteiger partial charge is 0.396 e. The first kappa shape index (κ1) is 21.0. The first-order valence-corrected chi connectivity index (χ1v) is 12.7. The summed E-state index contributed by atoms with van der Waals surface area (Å²) in [6.07, 6.45) is 18.5. The topological polar surface area (TPSA) is 20.2 Å². The van der Waals surface area contributed by atoms with E-state index < -0.39 is 0 Å². The van der Waals surface area contributed by atoms with Gasteiger partial charge in [0.15, 0.2) is 0 Å². The summed E-state index contributed by atoms with van der Waals surface area (Å²) in [6.45, 7) is 10.4. The van der Waals surface area contributed by atoms with Gasteiger partial charge in [0.2, 0.25) is 0 Å². The molecule has 0 aromatic heterocycles. The Labute approximate surface area is 174 Å². The van der Waals surface area contributed by atoms with Crippen LogP contribution in [0.1, 0.15) is 111 Å². The number of hydrogen-bond acceptors (Lipinski definition) is 1. The van der Waals surface area contributed by atoms with E-state index in [1.807, 2.05) is 11.1 Å². The maximum Gasteiger partial charge on any atom is 0.0456 e. The molecule has 0 aliphatic heterocycles. The van der Waals surface area contributed by atoms with Crippen LogP contribution < -0.4 is 0 Å². The molecule has 4 aliphatic rings. The predicted molar refractivity (Wildman–Crippen MR) is 119 cm³/mol. The van der Waals surface area contributed by atoms with E-state index in [0.29, 0.717) is 23.4 Å². The van der Waals surface area contributed by atoms with Crippen LogP contribution in [-0.4, -0.2) is 11.7 Å². The Balaban J connectivity index is 1.49. The summed E-state index contributed by atoms with van der Waals surface area (Å²) < 4.78 is 0. The lowest BCUT2D eigenvalue weighted by Crippen LogP contribution is -2.43. The Bertz CT molecular complexity index is 591. The molecule has 2 unspecified atom stereocenters. The maximum atomic E-state index is 9.32. The summed E-state index contributed by atoms with van der Waals surface area (Å²) in [6, 6.07) is 0. The normalized spacial score (nSPS) is 42.5. The molecule has 2 fully saturated rings. The predicted octanol–water partition coefficient (Wildman–Crippen LogP) is 7.53. The van der Waals surface area contributed by atoms with Crippen molar-refractivity contribution in [3.63, 3.8) is 0 Å². The molecular formula is C27H46O. The molecule has 0 aromatic rings. The number of allylic oxidation sites excluding steroid dienone is 2. The first-order valence-electron chi connectivity index (χ1n) is 12.7. The van der Waals surface area contributed by atoms with Crippen molar-refractivity contribution >= 4 is 0 Å². The van der Waals surface area contributed by atoms with Crippen LogP contribution in [0.2, 0.25) is 0 Å². The molecule has 4 aliphatic carbocycles. The van der Waals surface area contributed by atoms with Crippen molar-refractivity contribution in [2.45, 2.75) is 111 Å². The van der Waals surface area contributed by atoms with Crippen molar-refractivity contribution in [2.24, 2.45) is 40.4 Å². The Morgan fingerprint density at radius 1 is 0.964 bits per heavy atom. The third-order valence-electron chi connectivity index (χ3n) is 10.3. The van der Waals surface area contributed by atoms with Gasteiger partial charge in [-0.15, -0.1) is 0 Å². The monoisotopic (exact) mass is 386 g/mol. The van der Waals surface area contributed by atoms with Gasteiger partial charge in [0.05, 0.1) is 0 Å². The summed E-state index contributed by atoms with van der Waals surface area (Å²) in [5, 5.41) is 9.32. The molecule has 1 N–H and O–H groups in total. The molecule has 0 bridgehead atoms. The Kier molecular flexibility index (Phi) is 6.05. The standard InChI is InChI=1S/C27H46O/c1-19(18-28)8-7-9-20(2)23-13-14-24-22-12-11-21-10-5-6-16-26(21,3)25(22)15-17-27(23,24)4/h19-21,23-24,28H,5-18H2,1-4H3/t19?,20-,21?,23-,24+,26+,27-/m1/s1.